The summed E-state index contributed by atoms with van der Waals surface area (Å²) in [5, 5.41) is 8.54. The lowest BCUT2D eigenvalue weighted by Crippen LogP contribution is -1.92. The van der Waals surface area contributed by atoms with Crippen molar-refractivity contribution < 1.29 is 14.7 Å². The first-order valence-corrected chi connectivity index (χ1v) is 4.25. The maximum atomic E-state index is 10.8. The van der Waals surface area contributed by atoms with E-state index in [0.717, 1.165) is 11.3 Å². The van der Waals surface area contributed by atoms with Crippen LogP contribution in [0.3, 0.4) is 0 Å². The second kappa shape index (κ2) is 3.25. The summed E-state index contributed by atoms with van der Waals surface area (Å²) in [6, 6.07) is 1.29. The second-order valence-corrected chi connectivity index (χ2v) is 3.81. The summed E-state index contributed by atoms with van der Waals surface area (Å²) in [7, 11) is 0. The molecule has 0 saturated carbocycles. The molecule has 0 aliphatic rings. The predicted octanol–water partition coefficient (Wildman–Crippen LogP) is 2.30. The van der Waals surface area contributed by atoms with Crippen LogP contribution < -0.4 is 0 Å². The summed E-state index contributed by atoms with van der Waals surface area (Å²) in [6.07, 6.45) is 0. The highest BCUT2D eigenvalue weighted by Crippen LogP contribution is 2.27. The minimum atomic E-state index is -1.06. The van der Waals surface area contributed by atoms with E-state index in [1.165, 1.54) is 13.0 Å². The highest BCUT2D eigenvalue weighted by atomic mass is 35.5. The van der Waals surface area contributed by atoms with Gasteiger partial charge in [-0.1, -0.05) is 11.6 Å². The number of thiophene rings is 1. The van der Waals surface area contributed by atoms with Gasteiger partial charge in [0.1, 0.15) is 9.21 Å². The van der Waals surface area contributed by atoms with Gasteiger partial charge in [0, 0.05) is 5.56 Å². The number of hydrogen-bond acceptors (Lipinski definition) is 3. The molecule has 5 heteroatoms. The van der Waals surface area contributed by atoms with Crippen molar-refractivity contribution in [1.82, 2.24) is 0 Å². The number of Topliss-reactive ketones (excluding diaryl/α,β-unsaturated/α-hetero) is 1. The smallest absolute Gasteiger partial charge is 0.345 e. The Hall–Kier alpha value is -0.870. The molecule has 1 rings (SSSR count). The molecule has 0 amide bonds. The van der Waals surface area contributed by atoms with Gasteiger partial charge in [-0.2, -0.15) is 0 Å². The van der Waals surface area contributed by atoms with Crippen LogP contribution in [0.2, 0.25) is 4.34 Å². The Morgan fingerprint density at radius 2 is 2.17 bits per heavy atom. The van der Waals surface area contributed by atoms with E-state index in [-0.39, 0.29) is 20.6 Å². The fraction of sp³-hybridized carbons (Fsp3) is 0.143. The first-order valence-electron chi connectivity index (χ1n) is 3.06. The van der Waals surface area contributed by atoms with Crippen LogP contribution in [0.5, 0.6) is 0 Å². The maximum absolute atomic E-state index is 10.8. The van der Waals surface area contributed by atoms with Crippen LogP contribution in [-0.2, 0) is 0 Å². The summed E-state index contributed by atoms with van der Waals surface area (Å²) in [5.74, 6) is -1.28. The zero-order valence-corrected chi connectivity index (χ0v) is 7.70. The van der Waals surface area contributed by atoms with Crippen LogP contribution in [0.15, 0.2) is 6.07 Å². The number of carbonyl (C=O) groups excluding carboxylic acids is 1. The Labute approximate surface area is 77.6 Å². The van der Waals surface area contributed by atoms with Crippen molar-refractivity contribution in [1.29, 1.82) is 0 Å². The van der Waals surface area contributed by atoms with E-state index in [1.807, 2.05) is 0 Å². The van der Waals surface area contributed by atoms with Gasteiger partial charge in [0.05, 0.1) is 0 Å². The molecule has 1 aromatic heterocycles. The van der Waals surface area contributed by atoms with Gasteiger partial charge < -0.3 is 5.11 Å². The second-order valence-electron chi connectivity index (χ2n) is 2.16. The molecule has 0 aliphatic carbocycles. The molecule has 3 nitrogen and oxygen atoms in total. The van der Waals surface area contributed by atoms with Gasteiger partial charge in [-0.15, -0.1) is 11.3 Å². The standard InChI is InChI=1S/C7H5ClO3S/c1-3(9)4-2-5(7(10)11)12-6(4)8/h2H,1H3,(H,10,11). The van der Waals surface area contributed by atoms with Gasteiger partial charge >= 0.3 is 5.97 Å². The third-order valence-electron chi connectivity index (χ3n) is 1.28. The molecule has 0 unspecified atom stereocenters. The van der Waals surface area contributed by atoms with Gasteiger partial charge in [-0.25, -0.2) is 4.79 Å². The van der Waals surface area contributed by atoms with Crippen LogP contribution in [0, 0.1) is 0 Å². The van der Waals surface area contributed by atoms with Crippen molar-refractivity contribution in [3.63, 3.8) is 0 Å². The number of hydrogen-bond donors (Lipinski definition) is 1. The van der Waals surface area contributed by atoms with Crippen molar-refractivity contribution >= 4 is 34.7 Å². The number of carboxylic acids is 1. The normalized spacial score (nSPS) is 9.83. The van der Waals surface area contributed by atoms with Gasteiger partial charge in [-0.3, -0.25) is 4.79 Å². The lowest BCUT2D eigenvalue weighted by molar-refractivity contribution is 0.0702. The number of halogens is 1. The van der Waals surface area contributed by atoms with Crippen molar-refractivity contribution in [2.24, 2.45) is 0 Å². The lowest BCUT2D eigenvalue weighted by atomic mass is 10.2. The summed E-state index contributed by atoms with van der Waals surface area (Å²) >= 11 is 6.51. The molecule has 64 valence electrons. The van der Waals surface area contributed by atoms with E-state index in [2.05, 4.69) is 0 Å². The zero-order valence-electron chi connectivity index (χ0n) is 6.13. The van der Waals surface area contributed by atoms with Gasteiger partial charge in [0.15, 0.2) is 5.78 Å². The summed E-state index contributed by atoms with van der Waals surface area (Å²) in [6.45, 7) is 1.35. The molecule has 1 aromatic rings. The average molecular weight is 205 g/mol. The van der Waals surface area contributed by atoms with E-state index in [9.17, 15) is 9.59 Å². The number of carbonyl (C=O) groups is 2. The molecule has 12 heavy (non-hydrogen) atoms. The van der Waals surface area contributed by atoms with E-state index in [0.29, 0.717) is 0 Å². The van der Waals surface area contributed by atoms with Crippen LogP contribution in [0.4, 0.5) is 0 Å². The molecule has 1 N–H and O–H groups in total. The quantitative estimate of drug-likeness (QED) is 0.753. The molecule has 0 bridgehead atoms. The van der Waals surface area contributed by atoms with Gasteiger partial charge in [0.2, 0.25) is 0 Å². The van der Waals surface area contributed by atoms with Crippen molar-refractivity contribution in [3.8, 4) is 0 Å². The van der Waals surface area contributed by atoms with Crippen molar-refractivity contribution in [3.05, 3.63) is 20.8 Å². The first-order chi connectivity index (χ1) is 5.52. The third-order valence-corrected chi connectivity index (χ3v) is 2.62. The van der Waals surface area contributed by atoms with Crippen LogP contribution in [0.1, 0.15) is 27.0 Å². The van der Waals surface area contributed by atoms with E-state index >= 15 is 0 Å². The minimum Gasteiger partial charge on any atom is -0.477 e. The minimum absolute atomic E-state index is 0.0881. The average Bonchev–Trinajstić information content (AvgIpc) is 2.30. The van der Waals surface area contributed by atoms with Crippen LogP contribution in [-0.4, -0.2) is 16.9 Å². The van der Waals surface area contributed by atoms with E-state index in [4.69, 9.17) is 16.7 Å². The van der Waals surface area contributed by atoms with E-state index < -0.39 is 5.97 Å². The number of aromatic carboxylic acids is 1. The molecule has 0 atom stereocenters. The number of ketones is 1. The maximum Gasteiger partial charge on any atom is 0.345 e. The summed E-state index contributed by atoms with van der Waals surface area (Å²) in [5.41, 5.74) is 0.277. The molecule has 0 aromatic carbocycles. The zero-order chi connectivity index (χ0) is 9.30. The first kappa shape index (κ1) is 9.22. The molecular weight excluding hydrogens is 200 g/mol. The topological polar surface area (TPSA) is 54.4 Å². The SMILES string of the molecule is CC(=O)c1cc(C(=O)O)sc1Cl. The highest BCUT2D eigenvalue weighted by Gasteiger charge is 2.14. The van der Waals surface area contributed by atoms with Crippen LogP contribution >= 0.6 is 22.9 Å². The van der Waals surface area contributed by atoms with Crippen molar-refractivity contribution in [2.45, 2.75) is 6.92 Å². The number of carboxylic acid groups (broad SMARTS) is 1. The fourth-order valence-electron chi connectivity index (χ4n) is 0.714. The Morgan fingerprint density at radius 3 is 2.42 bits per heavy atom. The molecule has 0 fully saturated rings. The Kier molecular flexibility index (Phi) is 2.49. The Morgan fingerprint density at radius 1 is 1.58 bits per heavy atom. The molecule has 1 heterocycles. The van der Waals surface area contributed by atoms with E-state index in [1.54, 1.807) is 0 Å². The van der Waals surface area contributed by atoms with Crippen molar-refractivity contribution in [2.75, 3.05) is 0 Å². The highest BCUT2D eigenvalue weighted by molar-refractivity contribution is 7.18. The molecule has 0 radical (unpaired) electrons. The monoisotopic (exact) mass is 204 g/mol. The molecule has 0 aliphatic heterocycles. The lowest BCUT2D eigenvalue weighted by Gasteiger charge is -1.85. The van der Waals surface area contributed by atoms with Crippen LogP contribution in [0.25, 0.3) is 0 Å². The Balaban J connectivity index is 3.17. The Bertz CT molecular complexity index is 342. The van der Waals surface area contributed by atoms with Gasteiger partial charge in [0.25, 0.3) is 0 Å². The largest absolute Gasteiger partial charge is 0.477 e. The number of rotatable bonds is 2. The third kappa shape index (κ3) is 1.65. The molecule has 0 spiro atoms. The summed E-state index contributed by atoms with van der Waals surface area (Å²) < 4.78 is 0.236. The molecule has 0 saturated heterocycles. The predicted molar refractivity (Wildman–Crippen MR) is 46.3 cm³/mol. The fourth-order valence-corrected chi connectivity index (χ4v) is 1.92. The van der Waals surface area contributed by atoms with Gasteiger partial charge in [-0.05, 0) is 13.0 Å². The molecular formula is C7H5ClO3S. The summed E-state index contributed by atoms with van der Waals surface area (Å²) in [4.78, 5) is 21.3.